The zero-order chi connectivity index (χ0) is 17.7. The predicted octanol–water partition coefficient (Wildman–Crippen LogP) is 2.51. The first-order valence-corrected chi connectivity index (χ1v) is 6.70. The van der Waals surface area contributed by atoms with Crippen LogP contribution >= 0.6 is 0 Å². The molecule has 4 nitrogen and oxygen atoms in total. The number of benzene rings is 2. The van der Waals surface area contributed by atoms with Gasteiger partial charge in [0.05, 0.1) is 6.42 Å². The molecule has 0 fully saturated rings. The molecule has 0 heterocycles. The quantitative estimate of drug-likeness (QED) is 0.517. The van der Waals surface area contributed by atoms with E-state index in [0.29, 0.717) is 12.1 Å². The third-order valence-electron chi connectivity index (χ3n) is 2.78. The molecule has 0 aromatic heterocycles. The lowest BCUT2D eigenvalue weighted by Crippen LogP contribution is -2.33. The van der Waals surface area contributed by atoms with Gasteiger partial charge < -0.3 is 10.1 Å². The second-order valence-corrected chi connectivity index (χ2v) is 4.81. The fourth-order valence-corrected chi connectivity index (χ4v) is 1.89. The molecular weight excluding hydrogens is 330 g/mol. The highest BCUT2D eigenvalue weighted by Crippen LogP contribution is 2.15. The van der Waals surface area contributed by atoms with Crippen LogP contribution in [0.25, 0.3) is 0 Å². The van der Waals surface area contributed by atoms with E-state index >= 15 is 0 Å². The average Bonchev–Trinajstić information content (AvgIpc) is 2.42. The molecule has 0 radical (unpaired) electrons. The topological polar surface area (TPSA) is 55.4 Å². The van der Waals surface area contributed by atoms with Crippen LogP contribution in [0.3, 0.4) is 0 Å². The Balaban J connectivity index is 1.85. The minimum Gasteiger partial charge on any atom is -0.425 e. The van der Waals surface area contributed by atoms with Crippen LogP contribution in [0, 0.1) is 23.3 Å². The van der Waals surface area contributed by atoms with E-state index in [1.807, 2.05) is 0 Å². The Bertz CT molecular complexity index is 674. The number of carbonyl (C=O) groups excluding carboxylic acids is 2. The Morgan fingerprint density at radius 1 is 0.833 bits per heavy atom. The van der Waals surface area contributed by atoms with Gasteiger partial charge in [0, 0.05) is 24.3 Å². The summed E-state index contributed by atoms with van der Waals surface area (Å²) in [4.78, 5) is 23.1. The monoisotopic (exact) mass is 341 g/mol. The number of esters is 1. The Morgan fingerprint density at radius 3 is 1.88 bits per heavy atom. The highest BCUT2D eigenvalue weighted by Gasteiger charge is 2.11. The van der Waals surface area contributed by atoms with Crippen LogP contribution in [0.1, 0.15) is 5.56 Å². The van der Waals surface area contributed by atoms with E-state index in [-0.39, 0.29) is 17.7 Å². The molecule has 1 N–H and O–H groups in total. The van der Waals surface area contributed by atoms with Gasteiger partial charge in [-0.15, -0.1) is 0 Å². The molecule has 0 unspecified atom stereocenters. The fraction of sp³-hybridized carbons (Fsp3) is 0.125. The molecule has 0 saturated heterocycles. The van der Waals surface area contributed by atoms with Crippen molar-refractivity contribution in [3.05, 3.63) is 65.2 Å². The molecule has 0 aliphatic rings. The predicted molar refractivity (Wildman–Crippen MR) is 75.1 cm³/mol. The number of ether oxygens (including phenoxy) is 1. The van der Waals surface area contributed by atoms with Gasteiger partial charge in [-0.3, -0.25) is 4.79 Å². The number of hydrogen-bond donors (Lipinski definition) is 1. The summed E-state index contributed by atoms with van der Waals surface area (Å²) in [5, 5.41) is 2.17. The molecule has 2 rings (SSSR count). The lowest BCUT2D eigenvalue weighted by atomic mass is 10.1. The summed E-state index contributed by atoms with van der Waals surface area (Å²) in [5.41, 5.74) is 0.0885. The highest BCUT2D eigenvalue weighted by atomic mass is 19.1. The molecule has 0 aliphatic carbocycles. The van der Waals surface area contributed by atoms with Gasteiger partial charge in [0.15, 0.2) is 0 Å². The lowest BCUT2D eigenvalue weighted by Gasteiger charge is -2.07. The molecule has 0 saturated carbocycles. The fourth-order valence-electron chi connectivity index (χ4n) is 1.89. The number of halogens is 4. The van der Waals surface area contributed by atoms with Crippen LogP contribution in [0.5, 0.6) is 5.75 Å². The van der Waals surface area contributed by atoms with E-state index in [2.05, 4.69) is 10.1 Å². The molecule has 0 atom stereocenters. The molecule has 0 aliphatic heterocycles. The Labute approximate surface area is 134 Å². The first-order chi connectivity index (χ1) is 11.3. The van der Waals surface area contributed by atoms with Crippen molar-refractivity contribution >= 4 is 11.9 Å². The van der Waals surface area contributed by atoms with Gasteiger partial charge in [-0.2, -0.15) is 0 Å². The van der Waals surface area contributed by atoms with Gasteiger partial charge >= 0.3 is 5.97 Å². The van der Waals surface area contributed by atoms with Crippen molar-refractivity contribution in [3.63, 3.8) is 0 Å². The number of nitrogens with one attached hydrogen (secondary N) is 1. The van der Waals surface area contributed by atoms with E-state index in [4.69, 9.17) is 0 Å². The van der Waals surface area contributed by atoms with Gasteiger partial charge in [-0.25, -0.2) is 22.4 Å². The van der Waals surface area contributed by atoms with Crippen molar-refractivity contribution in [2.24, 2.45) is 0 Å². The van der Waals surface area contributed by atoms with Gasteiger partial charge in [-0.05, 0) is 17.7 Å². The van der Waals surface area contributed by atoms with Gasteiger partial charge in [-0.1, -0.05) is 0 Å². The summed E-state index contributed by atoms with van der Waals surface area (Å²) < 4.78 is 56.5. The first kappa shape index (κ1) is 17.5. The van der Waals surface area contributed by atoms with Crippen molar-refractivity contribution in [1.29, 1.82) is 0 Å². The number of carbonyl (C=O) groups is 2. The van der Waals surface area contributed by atoms with Crippen LogP contribution in [-0.4, -0.2) is 18.4 Å². The first-order valence-electron chi connectivity index (χ1n) is 6.70. The molecule has 0 bridgehead atoms. The zero-order valence-corrected chi connectivity index (χ0v) is 12.1. The van der Waals surface area contributed by atoms with E-state index in [0.717, 1.165) is 24.3 Å². The second kappa shape index (κ2) is 7.58. The smallest absolute Gasteiger partial charge is 0.330 e. The maximum absolute atomic E-state index is 13.0. The van der Waals surface area contributed by atoms with Gasteiger partial charge in [0.2, 0.25) is 5.91 Å². The third kappa shape index (κ3) is 5.38. The number of rotatable bonds is 5. The molecule has 126 valence electrons. The highest BCUT2D eigenvalue weighted by molar-refractivity contribution is 5.84. The summed E-state index contributed by atoms with van der Waals surface area (Å²) in [6.07, 6.45) is -0.351. The third-order valence-corrected chi connectivity index (χ3v) is 2.78. The average molecular weight is 341 g/mol. The van der Waals surface area contributed by atoms with Crippen molar-refractivity contribution in [2.45, 2.75) is 6.42 Å². The molecule has 8 heteroatoms. The SMILES string of the molecule is O=C(Cc1cc(F)cc(F)c1)NCC(=O)Oc1cc(F)cc(F)c1. The van der Waals surface area contributed by atoms with E-state index in [1.54, 1.807) is 0 Å². The molecule has 24 heavy (non-hydrogen) atoms. The minimum atomic E-state index is -0.959. The zero-order valence-electron chi connectivity index (χ0n) is 12.1. The Kier molecular flexibility index (Phi) is 5.51. The maximum Gasteiger partial charge on any atom is 0.330 e. The van der Waals surface area contributed by atoms with E-state index in [9.17, 15) is 27.2 Å². The van der Waals surface area contributed by atoms with Crippen molar-refractivity contribution in [1.82, 2.24) is 5.32 Å². The molecule has 2 aromatic carbocycles. The minimum absolute atomic E-state index is 0.0885. The lowest BCUT2D eigenvalue weighted by molar-refractivity contribution is -0.135. The normalized spacial score (nSPS) is 10.3. The number of amides is 1. The van der Waals surface area contributed by atoms with Gasteiger partial charge in [0.1, 0.15) is 35.6 Å². The molecular formula is C16H11F4NO3. The van der Waals surface area contributed by atoms with E-state index < -0.39 is 41.7 Å². The molecule has 0 spiro atoms. The van der Waals surface area contributed by atoms with Crippen LogP contribution in [-0.2, 0) is 16.0 Å². The van der Waals surface area contributed by atoms with Gasteiger partial charge in [0.25, 0.3) is 0 Å². The number of hydrogen-bond acceptors (Lipinski definition) is 3. The summed E-state index contributed by atoms with van der Waals surface area (Å²) in [7, 11) is 0. The maximum atomic E-state index is 13.0. The summed E-state index contributed by atoms with van der Waals surface area (Å²) >= 11 is 0. The van der Waals surface area contributed by atoms with Crippen LogP contribution < -0.4 is 10.1 Å². The Hall–Kier alpha value is -2.90. The molecule has 1 amide bonds. The summed E-state index contributed by atoms with van der Waals surface area (Å²) in [5.74, 6) is -5.49. The summed E-state index contributed by atoms with van der Waals surface area (Å²) in [6.45, 7) is -0.575. The van der Waals surface area contributed by atoms with E-state index in [1.165, 1.54) is 0 Å². The summed E-state index contributed by atoms with van der Waals surface area (Å²) in [6, 6.07) is 4.85. The van der Waals surface area contributed by atoms with Crippen LogP contribution in [0.2, 0.25) is 0 Å². The standard InChI is InChI=1S/C16H11F4NO3/c17-10-1-9(2-11(18)4-10)3-15(22)21-8-16(23)24-14-6-12(19)5-13(20)7-14/h1-2,4-7H,3,8H2,(H,21,22). The van der Waals surface area contributed by atoms with Crippen LogP contribution in [0.4, 0.5) is 17.6 Å². The van der Waals surface area contributed by atoms with Crippen molar-refractivity contribution in [2.75, 3.05) is 6.54 Å². The van der Waals surface area contributed by atoms with Crippen LogP contribution in [0.15, 0.2) is 36.4 Å². The molecule has 2 aromatic rings. The van der Waals surface area contributed by atoms with Crippen molar-refractivity contribution in [3.8, 4) is 5.75 Å². The largest absolute Gasteiger partial charge is 0.425 e. The van der Waals surface area contributed by atoms with Crippen molar-refractivity contribution < 1.29 is 31.9 Å². The Morgan fingerprint density at radius 2 is 1.33 bits per heavy atom. The second-order valence-electron chi connectivity index (χ2n) is 4.81.